The molecule has 3 aromatic heterocycles. The van der Waals surface area contributed by atoms with Crippen molar-refractivity contribution in [1.29, 1.82) is 0 Å². The van der Waals surface area contributed by atoms with Crippen molar-refractivity contribution in [1.82, 2.24) is 15.2 Å². The van der Waals surface area contributed by atoms with Crippen LogP contribution < -0.4 is 10.6 Å². The number of rotatable bonds is 5. The molecular weight excluding hydrogens is 717 g/mol. The lowest BCUT2D eigenvalue weighted by Gasteiger charge is -2.32. The van der Waals surface area contributed by atoms with Crippen molar-refractivity contribution >= 4 is 81.1 Å². The van der Waals surface area contributed by atoms with Crippen molar-refractivity contribution in [3.05, 3.63) is 199 Å². The van der Waals surface area contributed by atoms with Gasteiger partial charge in [-0.05, 0) is 76.9 Å². The molecule has 6 heteroatoms. The normalized spacial score (nSPS) is 15.9. The van der Waals surface area contributed by atoms with E-state index in [-0.39, 0.29) is 12.3 Å². The van der Waals surface area contributed by atoms with Crippen LogP contribution in [0.4, 0.5) is 0 Å². The Kier molecular flexibility index (Phi) is 7.24. The standard InChI is InChI=1S/C51H34N4OS/c1-3-12-31(13-4-1)49-52-50(32-14-5-2-6-15-32)54-51(53-49)34-22-25-40-45(29-34)56-44-21-11-18-36(48(40)44)33-23-27-46-41(28-33)39-26-24-35(30-47(39)57-46)55-42-19-9-7-16-37(42)38-17-8-10-20-43(38)55/h1-30,49-50,52H,(H,53,54). The highest BCUT2D eigenvalue weighted by Gasteiger charge is 2.26. The summed E-state index contributed by atoms with van der Waals surface area (Å²) in [6.07, 6.45) is -0.306. The van der Waals surface area contributed by atoms with Gasteiger partial charge in [0.15, 0.2) is 0 Å². The Morgan fingerprint density at radius 3 is 2.00 bits per heavy atom. The number of aromatic nitrogens is 1. The van der Waals surface area contributed by atoms with Crippen LogP contribution in [0, 0.1) is 0 Å². The SMILES string of the molecule is c1ccc(C2N=C(c3ccc4c(c3)oc3cccc(-c5ccc6sc7cc(-n8c9ccccc9c9ccccc98)ccc7c6c5)c34)NC(c3ccccc3)N2)cc1. The first-order valence-electron chi connectivity index (χ1n) is 19.3. The van der Waals surface area contributed by atoms with E-state index in [9.17, 15) is 0 Å². The molecule has 0 spiro atoms. The van der Waals surface area contributed by atoms with Gasteiger partial charge in [0, 0.05) is 53.0 Å². The Morgan fingerprint density at radius 2 is 1.21 bits per heavy atom. The summed E-state index contributed by atoms with van der Waals surface area (Å²) < 4.78 is 11.6. The molecule has 2 atom stereocenters. The van der Waals surface area contributed by atoms with Crippen molar-refractivity contribution in [2.24, 2.45) is 4.99 Å². The van der Waals surface area contributed by atoms with E-state index in [0.717, 1.165) is 50.0 Å². The number of nitrogens with zero attached hydrogens (tertiary/aromatic N) is 2. The van der Waals surface area contributed by atoms with Crippen molar-refractivity contribution in [2.75, 3.05) is 0 Å². The van der Waals surface area contributed by atoms with Crippen molar-refractivity contribution in [3.63, 3.8) is 0 Å². The maximum Gasteiger partial charge on any atom is 0.136 e. The first kappa shape index (κ1) is 32.3. The number of para-hydroxylation sites is 2. The lowest BCUT2D eigenvalue weighted by molar-refractivity contribution is 0.409. The minimum absolute atomic E-state index is 0.106. The number of nitrogens with one attached hydrogen (secondary N) is 2. The highest BCUT2D eigenvalue weighted by atomic mass is 32.1. The van der Waals surface area contributed by atoms with Crippen molar-refractivity contribution in [2.45, 2.75) is 12.3 Å². The van der Waals surface area contributed by atoms with Crippen LogP contribution in [-0.4, -0.2) is 10.4 Å². The second-order valence-corrected chi connectivity index (χ2v) is 15.9. The fraction of sp³-hybridized carbons (Fsp3) is 0.0392. The number of amidine groups is 1. The minimum atomic E-state index is -0.200. The molecule has 8 aromatic carbocycles. The van der Waals surface area contributed by atoms with Gasteiger partial charge in [0.1, 0.15) is 29.3 Å². The van der Waals surface area contributed by atoms with E-state index in [1.807, 2.05) is 23.5 Å². The van der Waals surface area contributed by atoms with Crippen molar-refractivity contribution in [3.8, 4) is 16.8 Å². The third-order valence-corrected chi connectivity index (χ3v) is 12.6. The molecule has 0 saturated heterocycles. The molecule has 1 aliphatic rings. The summed E-state index contributed by atoms with van der Waals surface area (Å²) >= 11 is 1.85. The summed E-state index contributed by atoms with van der Waals surface area (Å²) in [5.41, 5.74) is 10.9. The number of hydrogen-bond acceptors (Lipinski definition) is 5. The first-order valence-corrected chi connectivity index (χ1v) is 20.2. The summed E-state index contributed by atoms with van der Waals surface area (Å²) in [4.78, 5) is 5.17. The minimum Gasteiger partial charge on any atom is -0.456 e. The molecule has 0 saturated carbocycles. The second kappa shape index (κ2) is 12.8. The molecular formula is C51H34N4OS. The van der Waals surface area contributed by atoms with Gasteiger partial charge in [-0.1, -0.05) is 127 Å². The zero-order valence-corrected chi connectivity index (χ0v) is 31.5. The van der Waals surface area contributed by atoms with E-state index in [1.165, 1.54) is 53.2 Å². The largest absolute Gasteiger partial charge is 0.456 e. The van der Waals surface area contributed by atoms with Gasteiger partial charge < -0.3 is 14.3 Å². The molecule has 270 valence electrons. The third-order valence-electron chi connectivity index (χ3n) is 11.5. The fourth-order valence-electron chi connectivity index (χ4n) is 8.82. The molecule has 1 aliphatic heterocycles. The Labute approximate surface area is 332 Å². The molecule has 0 amide bonds. The van der Waals surface area contributed by atoms with Crippen LogP contribution in [0.3, 0.4) is 0 Å². The number of benzene rings is 8. The quantitative estimate of drug-likeness (QED) is 0.184. The number of thiophene rings is 1. The van der Waals surface area contributed by atoms with E-state index < -0.39 is 0 Å². The van der Waals surface area contributed by atoms with Gasteiger partial charge >= 0.3 is 0 Å². The molecule has 0 aliphatic carbocycles. The van der Waals surface area contributed by atoms with Gasteiger partial charge in [0.05, 0.1) is 11.0 Å². The fourth-order valence-corrected chi connectivity index (χ4v) is 9.94. The third kappa shape index (κ3) is 5.22. The highest BCUT2D eigenvalue weighted by Crippen LogP contribution is 2.42. The Morgan fingerprint density at radius 1 is 0.509 bits per heavy atom. The number of furan rings is 1. The smallest absolute Gasteiger partial charge is 0.136 e. The van der Waals surface area contributed by atoms with Crippen LogP contribution in [0.2, 0.25) is 0 Å². The molecule has 11 aromatic rings. The van der Waals surface area contributed by atoms with Crippen LogP contribution in [0.25, 0.3) is 80.7 Å². The van der Waals surface area contributed by atoms with E-state index in [1.54, 1.807) is 0 Å². The van der Waals surface area contributed by atoms with E-state index in [2.05, 4.69) is 185 Å². The number of hydrogen-bond donors (Lipinski definition) is 2. The van der Waals surface area contributed by atoms with Gasteiger partial charge in [-0.2, -0.15) is 0 Å². The zero-order valence-electron chi connectivity index (χ0n) is 30.7. The number of aliphatic imine (C=N–C) groups is 1. The van der Waals surface area contributed by atoms with Crippen LogP contribution in [0.5, 0.6) is 0 Å². The van der Waals surface area contributed by atoms with Crippen molar-refractivity contribution < 1.29 is 4.42 Å². The monoisotopic (exact) mass is 750 g/mol. The van der Waals surface area contributed by atoms with E-state index in [4.69, 9.17) is 9.41 Å². The Bertz CT molecular complexity index is 3320. The van der Waals surface area contributed by atoms with Crippen LogP contribution in [-0.2, 0) is 0 Å². The maximum absolute atomic E-state index is 6.62. The van der Waals surface area contributed by atoms with E-state index >= 15 is 0 Å². The molecule has 0 bridgehead atoms. The number of fused-ring (bicyclic) bond motifs is 9. The summed E-state index contributed by atoms with van der Waals surface area (Å²) in [6, 6.07) is 65.0. The molecule has 4 heterocycles. The molecule has 0 radical (unpaired) electrons. The molecule has 12 rings (SSSR count). The average molecular weight is 751 g/mol. The highest BCUT2D eigenvalue weighted by molar-refractivity contribution is 7.25. The molecule has 5 nitrogen and oxygen atoms in total. The van der Waals surface area contributed by atoms with Gasteiger partial charge in [0.25, 0.3) is 0 Å². The summed E-state index contributed by atoms with van der Waals surface area (Å²) in [7, 11) is 0. The summed E-state index contributed by atoms with van der Waals surface area (Å²) in [5.74, 6) is 0.829. The maximum atomic E-state index is 6.62. The Hall–Kier alpha value is -6.99. The predicted octanol–water partition coefficient (Wildman–Crippen LogP) is 13.1. The first-order chi connectivity index (χ1) is 28.2. The molecule has 0 fully saturated rings. The molecule has 2 unspecified atom stereocenters. The topological polar surface area (TPSA) is 54.5 Å². The summed E-state index contributed by atoms with van der Waals surface area (Å²) in [6.45, 7) is 0. The van der Waals surface area contributed by atoms with Crippen LogP contribution in [0.15, 0.2) is 191 Å². The molecule has 2 N–H and O–H groups in total. The van der Waals surface area contributed by atoms with Crippen LogP contribution in [0.1, 0.15) is 29.0 Å². The van der Waals surface area contributed by atoms with E-state index in [0.29, 0.717) is 0 Å². The zero-order chi connectivity index (χ0) is 37.5. The van der Waals surface area contributed by atoms with Gasteiger partial charge in [-0.25, -0.2) is 4.99 Å². The second-order valence-electron chi connectivity index (χ2n) is 14.8. The average Bonchev–Trinajstić information content (AvgIpc) is 3.95. The van der Waals surface area contributed by atoms with Gasteiger partial charge in [0.2, 0.25) is 0 Å². The van der Waals surface area contributed by atoms with Crippen LogP contribution >= 0.6 is 11.3 Å². The van der Waals surface area contributed by atoms with Gasteiger partial charge in [-0.3, -0.25) is 5.32 Å². The molecule has 57 heavy (non-hydrogen) atoms. The lowest BCUT2D eigenvalue weighted by atomic mass is 9.97. The van der Waals surface area contributed by atoms with Gasteiger partial charge in [-0.15, -0.1) is 11.3 Å². The summed E-state index contributed by atoms with van der Waals surface area (Å²) in [5, 5.41) is 14.7. The predicted molar refractivity (Wildman–Crippen MR) is 238 cm³/mol. The lowest BCUT2D eigenvalue weighted by Crippen LogP contribution is -2.44. The Balaban J connectivity index is 0.939.